The Hall–Kier alpha value is -1.49. The highest BCUT2D eigenvalue weighted by molar-refractivity contribution is 7.12. The Balaban J connectivity index is 1.64. The van der Waals surface area contributed by atoms with Crippen molar-refractivity contribution in [1.82, 2.24) is 4.90 Å². The smallest absolute Gasteiger partial charge is 0.169 e. The Morgan fingerprint density at radius 3 is 2.71 bits per heavy atom. The highest BCUT2D eigenvalue weighted by Gasteiger charge is 2.26. The average Bonchev–Trinajstić information content (AvgIpc) is 3.04. The Bertz CT molecular complexity index is 738. The molecule has 0 saturated carbocycles. The molecule has 1 atom stereocenters. The quantitative estimate of drug-likeness (QED) is 0.724. The molecule has 1 fully saturated rings. The van der Waals surface area contributed by atoms with Crippen LogP contribution >= 0.6 is 22.9 Å². The highest BCUT2D eigenvalue weighted by atomic mass is 35.5. The molecule has 0 amide bonds. The number of hydrogen-bond acceptors (Lipinski definition) is 4. The first-order chi connectivity index (χ1) is 11.5. The fourth-order valence-corrected chi connectivity index (χ4v) is 4.10. The average molecular weight is 362 g/mol. The molecule has 3 rings (SSSR count). The van der Waals surface area contributed by atoms with E-state index < -0.39 is 0 Å². The van der Waals surface area contributed by atoms with Gasteiger partial charge in [0.2, 0.25) is 0 Å². The Kier molecular flexibility index (Phi) is 5.49. The highest BCUT2D eigenvalue weighted by Crippen LogP contribution is 2.24. The maximum absolute atomic E-state index is 12.7. The van der Waals surface area contributed by atoms with Gasteiger partial charge in [0, 0.05) is 29.6 Å². The molecule has 24 heavy (non-hydrogen) atoms. The van der Waals surface area contributed by atoms with Crippen molar-refractivity contribution in [3.63, 3.8) is 0 Å². The second kappa shape index (κ2) is 7.60. The summed E-state index contributed by atoms with van der Waals surface area (Å²) in [6, 6.07) is 9.12. The lowest BCUT2D eigenvalue weighted by molar-refractivity contribution is 0.0811. The van der Waals surface area contributed by atoms with Crippen LogP contribution in [0.1, 0.15) is 45.4 Å². The van der Waals surface area contributed by atoms with Gasteiger partial charge >= 0.3 is 0 Å². The summed E-state index contributed by atoms with van der Waals surface area (Å²) >= 11 is 7.39. The van der Waals surface area contributed by atoms with Gasteiger partial charge in [0.05, 0.1) is 4.88 Å². The summed E-state index contributed by atoms with van der Waals surface area (Å²) in [7, 11) is 0. The van der Waals surface area contributed by atoms with Crippen molar-refractivity contribution in [2.45, 2.75) is 26.3 Å². The van der Waals surface area contributed by atoms with E-state index in [1.54, 1.807) is 19.1 Å². The standard InChI is InChI=1S/C19H20ClNO2S/c1-13(22)18-9-14(12-24-18)10-21-8-2-3-16(11-21)19(23)15-4-6-17(20)7-5-15/h4-7,9,12,16H,2-3,8,10-11H2,1H3. The molecular weight excluding hydrogens is 342 g/mol. The van der Waals surface area contributed by atoms with E-state index in [4.69, 9.17) is 11.6 Å². The van der Waals surface area contributed by atoms with E-state index in [2.05, 4.69) is 4.90 Å². The van der Waals surface area contributed by atoms with Crippen LogP contribution < -0.4 is 0 Å². The number of likely N-dealkylation sites (tertiary alicyclic amines) is 1. The van der Waals surface area contributed by atoms with Crippen molar-refractivity contribution in [2.75, 3.05) is 13.1 Å². The van der Waals surface area contributed by atoms with Gasteiger partial charge in [-0.05, 0) is 67.6 Å². The number of nitrogens with zero attached hydrogens (tertiary/aromatic N) is 1. The van der Waals surface area contributed by atoms with E-state index >= 15 is 0 Å². The normalized spacial score (nSPS) is 18.5. The predicted octanol–water partition coefficient (Wildman–Crippen LogP) is 4.70. The Labute approximate surface area is 151 Å². The molecule has 3 nitrogen and oxygen atoms in total. The second-order valence-electron chi connectivity index (χ2n) is 6.32. The van der Waals surface area contributed by atoms with E-state index in [1.807, 2.05) is 23.6 Å². The first-order valence-electron chi connectivity index (χ1n) is 8.13. The molecule has 1 aromatic carbocycles. The van der Waals surface area contributed by atoms with Crippen LogP contribution in [0.15, 0.2) is 35.7 Å². The molecule has 0 bridgehead atoms. The largest absolute Gasteiger partial charge is 0.298 e. The van der Waals surface area contributed by atoms with Gasteiger partial charge in [0.1, 0.15) is 0 Å². The van der Waals surface area contributed by atoms with Crippen molar-refractivity contribution in [3.8, 4) is 0 Å². The lowest BCUT2D eigenvalue weighted by Crippen LogP contribution is -2.38. The van der Waals surface area contributed by atoms with Crippen LogP contribution in [0.25, 0.3) is 0 Å². The number of piperidine rings is 1. The molecule has 1 unspecified atom stereocenters. The van der Waals surface area contributed by atoms with Gasteiger partial charge in [0.25, 0.3) is 0 Å². The third-order valence-corrected chi connectivity index (χ3v) is 5.74. The molecular formula is C19H20ClNO2S. The molecule has 126 valence electrons. The van der Waals surface area contributed by atoms with Crippen molar-refractivity contribution in [3.05, 3.63) is 56.7 Å². The molecule has 2 heterocycles. The molecule has 0 aliphatic carbocycles. The molecule has 0 radical (unpaired) electrons. The molecule has 2 aromatic rings. The molecule has 5 heteroatoms. The number of Topliss-reactive ketones (excluding diaryl/α,β-unsaturated/α-hetero) is 2. The van der Waals surface area contributed by atoms with Crippen molar-refractivity contribution in [1.29, 1.82) is 0 Å². The summed E-state index contributed by atoms with van der Waals surface area (Å²) in [6.07, 6.45) is 1.95. The van der Waals surface area contributed by atoms with Crippen molar-refractivity contribution in [2.24, 2.45) is 5.92 Å². The fourth-order valence-electron chi connectivity index (χ4n) is 3.16. The van der Waals surface area contributed by atoms with Gasteiger partial charge in [-0.2, -0.15) is 0 Å². The van der Waals surface area contributed by atoms with E-state index in [1.165, 1.54) is 11.3 Å². The number of thiophene rings is 1. The number of rotatable bonds is 5. The summed E-state index contributed by atoms with van der Waals surface area (Å²) in [4.78, 5) is 27.2. The number of carbonyl (C=O) groups excluding carboxylic acids is 2. The SMILES string of the molecule is CC(=O)c1cc(CN2CCCC(C(=O)c3ccc(Cl)cc3)C2)cs1. The summed E-state index contributed by atoms with van der Waals surface area (Å²) in [5.41, 5.74) is 1.89. The maximum Gasteiger partial charge on any atom is 0.169 e. The van der Waals surface area contributed by atoms with Gasteiger partial charge in [0.15, 0.2) is 11.6 Å². The van der Waals surface area contributed by atoms with Gasteiger partial charge in [-0.1, -0.05) is 11.6 Å². The molecule has 1 saturated heterocycles. The van der Waals surface area contributed by atoms with E-state index in [-0.39, 0.29) is 17.5 Å². The maximum atomic E-state index is 12.7. The van der Waals surface area contributed by atoms with Crippen LogP contribution in [0.2, 0.25) is 5.02 Å². The van der Waals surface area contributed by atoms with Crippen LogP contribution in [0.5, 0.6) is 0 Å². The second-order valence-corrected chi connectivity index (χ2v) is 7.67. The zero-order chi connectivity index (χ0) is 17.1. The van der Waals surface area contributed by atoms with Gasteiger partial charge in [-0.15, -0.1) is 11.3 Å². The van der Waals surface area contributed by atoms with Gasteiger partial charge < -0.3 is 0 Å². The topological polar surface area (TPSA) is 37.4 Å². The zero-order valence-corrected chi connectivity index (χ0v) is 15.2. The zero-order valence-electron chi connectivity index (χ0n) is 13.6. The monoisotopic (exact) mass is 361 g/mol. The predicted molar refractivity (Wildman–Crippen MR) is 98.1 cm³/mol. The lowest BCUT2D eigenvalue weighted by Gasteiger charge is -2.31. The van der Waals surface area contributed by atoms with Crippen molar-refractivity contribution < 1.29 is 9.59 Å². The molecule has 0 N–H and O–H groups in total. The van der Waals surface area contributed by atoms with Crippen LogP contribution in [-0.4, -0.2) is 29.6 Å². The fraction of sp³-hybridized carbons (Fsp3) is 0.368. The number of benzene rings is 1. The third-order valence-electron chi connectivity index (χ3n) is 4.41. The summed E-state index contributed by atoms with van der Waals surface area (Å²) in [5.74, 6) is 0.345. The van der Waals surface area contributed by atoms with Crippen LogP contribution in [0.4, 0.5) is 0 Å². The number of halogens is 1. The minimum Gasteiger partial charge on any atom is -0.298 e. The van der Waals surface area contributed by atoms with Gasteiger partial charge in [-0.3, -0.25) is 14.5 Å². The first-order valence-corrected chi connectivity index (χ1v) is 9.39. The molecule has 1 aromatic heterocycles. The minimum atomic E-state index is 0.0332. The Morgan fingerprint density at radius 2 is 2.04 bits per heavy atom. The number of ketones is 2. The summed E-state index contributed by atoms with van der Waals surface area (Å²) in [5, 5.41) is 2.69. The minimum absolute atomic E-state index is 0.0332. The van der Waals surface area contributed by atoms with Crippen LogP contribution in [-0.2, 0) is 6.54 Å². The van der Waals surface area contributed by atoms with E-state index in [0.717, 1.165) is 48.5 Å². The van der Waals surface area contributed by atoms with Crippen LogP contribution in [0, 0.1) is 5.92 Å². The Morgan fingerprint density at radius 1 is 1.29 bits per heavy atom. The van der Waals surface area contributed by atoms with E-state index in [9.17, 15) is 9.59 Å². The molecule has 1 aliphatic rings. The first kappa shape index (κ1) is 17.3. The van der Waals surface area contributed by atoms with Crippen LogP contribution in [0.3, 0.4) is 0 Å². The number of hydrogen-bond donors (Lipinski definition) is 0. The lowest BCUT2D eigenvalue weighted by atomic mass is 9.90. The summed E-state index contributed by atoms with van der Waals surface area (Å²) < 4.78 is 0. The summed E-state index contributed by atoms with van der Waals surface area (Å²) in [6.45, 7) is 4.16. The number of carbonyl (C=O) groups is 2. The molecule has 0 spiro atoms. The molecule has 1 aliphatic heterocycles. The van der Waals surface area contributed by atoms with E-state index in [0.29, 0.717) is 5.02 Å². The third kappa shape index (κ3) is 4.12. The van der Waals surface area contributed by atoms with Crippen molar-refractivity contribution >= 4 is 34.5 Å². The van der Waals surface area contributed by atoms with Gasteiger partial charge in [-0.25, -0.2) is 0 Å².